The summed E-state index contributed by atoms with van der Waals surface area (Å²) in [7, 11) is 0. The standard InChI is InChI=1S/C16H34N2/c1-4-9-15-10-5-7-12-18(15)13-8-6-11-16(2,3)14-17/h15H,4-14,17H2,1-3H3. The van der Waals surface area contributed by atoms with Crippen LogP contribution in [-0.2, 0) is 0 Å². The van der Waals surface area contributed by atoms with Gasteiger partial charge in [-0.25, -0.2) is 0 Å². The molecule has 1 rings (SSSR count). The number of hydrogen-bond donors (Lipinski definition) is 1. The molecular formula is C16H34N2. The van der Waals surface area contributed by atoms with Gasteiger partial charge < -0.3 is 10.6 Å². The van der Waals surface area contributed by atoms with E-state index < -0.39 is 0 Å². The minimum absolute atomic E-state index is 0.338. The van der Waals surface area contributed by atoms with Gasteiger partial charge in [-0.3, -0.25) is 0 Å². The SMILES string of the molecule is CCCC1CCCCN1CCCCC(C)(C)CN. The van der Waals surface area contributed by atoms with Gasteiger partial charge in [0, 0.05) is 6.04 Å². The molecule has 0 radical (unpaired) electrons. The van der Waals surface area contributed by atoms with E-state index in [1.165, 1.54) is 64.5 Å². The van der Waals surface area contributed by atoms with Gasteiger partial charge in [0.05, 0.1) is 0 Å². The van der Waals surface area contributed by atoms with Crippen LogP contribution >= 0.6 is 0 Å². The molecule has 1 aliphatic rings. The Kier molecular flexibility index (Phi) is 7.25. The van der Waals surface area contributed by atoms with Gasteiger partial charge in [-0.05, 0) is 57.2 Å². The lowest BCUT2D eigenvalue weighted by Crippen LogP contribution is -2.40. The van der Waals surface area contributed by atoms with Crippen molar-refractivity contribution in [2.24, 2.45) is 11.1 Å². The molecule has 0 aliphatic carbocycles. The zero-order valence-electron chi connectivity index (χ0n) is 12.9. The number of rotatable bonds is 8. The number of nitrogens with two attached hydrogens (primary N) is 1. The van der Waals surface area contributed by atoms with Crippen LogP contribution in [0.4, 0.5) is 0 Å². The molecule has 1 unspecified atom stereocenters. The molecule has 1 fully saturated rings. The van der Waals surface area contributed by atoms with Crippen molar-refractivity contribution in [1.29, 1.82) is 0 Å². The maximum Gasteiger partial charge on any atom is 0.00951 e. The van der Waals surface area contributed by atoms with Crippen LogP contribution in [0.25, 0.3) is 0 Å². The Hall–Kier alpha value is -0.0800. The van der Waals surface area contributed by atoms with E-state index in [4.69, 9.17) is 5.73 Å². The van der Waals surface area contributed by atoms with Gasteiger partial charge in [-0.15, -0.1) is 0 Å². The molecule has 108 valence electrons. The fourth-order valence-electron chi connectivity index (χ4n) is 3.04. The second-order valence-corrected chi connectivity index (χ2v) is 6.80. The Balaban J connectivity index is 2.20. The lowest BCUT2D eigenvalue weighted by Gasteiger charge is -2.36. The van der Waals surface area contributed by atoms with E-state index in [2.05, 4.69) is 25.7 Å². The van der Waals surface area contributed by atoms with E-state index in [0.29, 0.717) is 5.41 Å². The van der Waals surface area contributed by atoms with Crippen LogP contribution in [0.15, 0.2) is 0 Å². The van der Waals surface area contributed by atoms with Gasteiger partial charge in [0.1, 0.15) is 0 Å². The Morgan fingerprint density at radius 1 is 1.22 bits per heavy atom. The van der Waals surface area contributed by atoms with Gasteiger partial charge in [-0.1, -0.05) is 40.0 Å². The summed E-state index contributed by atoms with van der Waals surface area (Å²) in [6.07, 6.45) is 11.0. The second kappa shape index (κ2) is 8.16. The number of nitrogens with zero attached hydrogens (tertiary/aromatic N) is 1. The third-order valence-electron chi connectivity index (χ3n) is 4.47. The monoisotopic (exact) mass is 254 g/mol. The van der Waals surface area contributed by atoms with Crippen molar-refractivity contribution in [2.75, 3.05) is 19.6 Å². The van der Waals surface area contributed by atoms with Gasteiger partial charge in [0.2, 0.25) is 0 Å². The molecule has 0 bridgehead atoms. The lowest BCUT2D eigenvalue weighted by atomic mass is 9.87. The molecule has 2 nitrogen and oxygen atoms in total. The van der Waals surface area contributed by atoms with E-state index in [1.54, 1.807) is 0 Å². The highest BCUT2D eigenvalue weighted by atomic mass is 15.2. The van der Waals surface area contributed by atoms with Crippen molar-refractivity contribution >= 4 is 0 Å². The zero-order valence-corrected chi connectivity index (χ0v) is 12.9. The minimum atomic E-state index is 0.338. The van der Waals surface area contributed by atoms with E-state index in [9.17, 15) is 0 Å². The van der Waals surface area contributed by atoms with Crippen LogP contribution in [-0.4, -0.2) is 30.6 Å². The molecular weight excluding hydrogens is 220 g/mol. The predicted octanol–water partition coefficient (Wildman–Crippen LogP) is 3.80. The van der Waals surface area contributed by atoms with Crippen LogP contribution in [0.5, 0.6) is 0 Å². The summed E-state index contributed by atoms with van der Waals surface area (Å²) in [5.41, 5.74) is 6.12. The highest BCUT2D eigenvalue weighted by molar-refractivity contribution is 4.77. The average molecular weight is 254 g/mol. The third kappa shape index (κ3) is 5.71. The molecule has 1 aliphatic heterocycles. The molecule has 1 saturated heterocycles. The van der Waals surface area contributed by atoms with E-state index in [0.717, 1.165) is 12.6 Å². The summed E-state index contributed by atoms with van der Waals surface area (Å²) >= 11 is 0. The van der Waals surface area contributed by atoms with Crippen molar-refractivity contribution in [1.82, 2.24) is 4.90 Å². The van der Waals surface area contributed by atoms with E-state index >= 15 is 0 Å². The molecule has 2 N–H and O–H groups in total. The van der Waals surface area contributed by atoms with Crippen molar-refractivity contribution in [3.05, 3.63) is 0 Å². The Bertz CT molecular complexity index is 211. The second-order valence-electron chi connectivity index (χ2n) is 6.80. The topological polar surface area (TPSA) is 29.3 Å². The first-order chi connectivity index (χ1) is 8.59. The fraction of sp³-hybridized carbons (Fsp3) is 1.00. The summed E-state index contributed by atoms with van der Waals surface area (Å²) in [4.78, 5) is 2.75. The van der Waals surface area contributed by atoms with Crippen molar-refractivity contribution < 1.29 is 0 Å². The van der Waals surface area contributed by atoms with Gasteiger partial charge in [0.15, 0.2) is 0 Å². The zero-order chi connectivity index (χ0) is 13.4. The Morgan fingerprint density at radius 2 is 2.00 bits per heavy atom. The van der Waals surface area contributed by atoms with Crippen LogP contribution in [0.3, 0.4) is 0 Å². The van der Waals surface area contributed by atoms with Crippen LogP contribution in [0.2, 0.25) is 0 Å². The molecule has 0 aromatic rings. The first-order valence-electron chi connectivity index (χ1n) is 8.03. The molecule has 18 heavy (non-hydrogen) atoms. The van der Waals surface area contributed by atoms with Crippen molar-refractivity contribution in [3.63, 3.8) is 0 Å². The van der Waals surface area contributed by atoms with E-state index in [-0.39, 0.29) is 0 Å². The summed E-state index contributed by atoms with van der Waals surface area (Å²) in [6.45, 7) is 10.4. The molecule has 0 aromatic carbocycles. The molecule has 2 heteroatoms. The summed E-state index contributed by atoms with van der Waals surface area (Å²) < 4.78 is 0. The maximum absolute atomic E-state index is 5.78. The van der Waals surface area contributed by atoms with Crippen LogP contribution in [0.1, 0.15) is 72.1 Å². The molecule has 0 amide bonds. The normalized spacial score (nSPS) is 22.3. The number of piperidine rings is 1. The summed E-state index contributed by atoms with van der Waals surface area (Å²) in [5.74, 6) is 0. The quantitative estimate of drug-likeness (QED) is 0.668. The molecule has 0 spiro atoms. The number of unbranched alkanes of at least 4 members (excludes halogenated alkanes) is 1. The van der Waals surface area contributed by atoms with Crippen LogP contribution < -0.4 is 5.73 Å². The first-order valence-corrected chi connectivity index (χ1v) is 8.03. The first kappa shape index (κ1) is 16.0. The van der Waals surface area contributed by atoms with Gasteiger partial charge in [-0.2, -0.15) is 0 Å². The lowest BCUT2D eigenvalue weighted by molar-refractivity contribution is 0.135. The van der Waals surface area contributed by atoms with E-state index in [1.807, 2.05) is 0 Å². The molecule has 1 heterocycles. The minimum Gasteiger partial charge on any atom is -0.330 e. The van der Waals surface area contributed by atoms with Gasteiger partial charge in [0.25, 0.3) is 0 Å². The largest absolute Gasteiger partial charge is 0.330 e. The fourth-order valence-corrected chi connectivity index (χ4v) is 3.04. The number of hydrogen-bond acceptors (Lipinski definition) is 2. The molecule has 1 atom stereocenters. The average Bonchev–Trinajstić information content (AvgIpc) is 2.37. The maximum atomic E-state index is 5.78. The highest BCUT2D eigenvalue weighted by Gasteiger charge is 2.21. The highest BCUT2D eigenvalue weighted by Crippen LogP contribution is 2.24. The van der Waals surface area contributed by atoms with Crippen molar-refractivity contribution in [2.45, 2.75) is 78.2 Å². The number of likely N-dealkylation sites (tertiary alicyclic amines) is 1. The summed E-state index contributed by atoms with van der Waals surface area (Å²) in [5, 5.41) is 0. The summed E-state index contributed by atoms with van der Waals surface area (Å²) in [6, 6.07) is 0.881. The van der Waals surface area contributed by atoms with Gasteiger partial charge >= 0.3 is 0 Å². The van der Waals surface area contributed by atoms with Crippen LogP contribution in [0, 0.1) is 5.41 Å². The van der Waals surface area contributed by atoms with Crippen molar-refractivity contribution in [3.8, 4) is 0 Å². The predicted molar refractivity (Wildman–Crippen MR) is 80.8 cm³/mol. The smallest absolute Gasteiger partial charge is 0.00951 e. The Labute approximate surface area is 114 Å². The molecule has 0 aromatic heterocycles. The third-order valence-corrected chi connectivity index (χ3v) is 4.47. The molecule has 0 saturated carbocycles. The Morgan fingerprint density at radius 3 is 2.67 bits per heavy atom.